The molecule has 0 radical (unpaired) electrons. The van der Waals surface area contributed by atoms with E-state index in [2.05, 4.69) is 0 Å². The smallest absolute Gasteiger partial charge is 0.310 e. The van der Waals surface area contributed by atoms with Crippen LogP contribution in [0.25, 0.3) is 0 Å². The summed E-state index contributed by atoms with van der Waals surface area (Å²) in [5.41, 5.74) is 0. The molecule has 0 aromatic heterocycles. The highest BCUT2D eigenvalue weighted by Crippen LogP contribution is 2.44. The summed E-state index contributed by atoms with van der Waals surface area (Å²) in [4.78, 5) is 25.2. The van der Waals surface area contributed by atoms with E-state index in [1.165, 1.54) is 0 Å². The zero-order valence-corrected chi connectivity index (χ0v) is 10.3. The Hall–Kier alpha value is -1.10. The van der Waals surface area contributed by atoms with Gasteiger partial charge >= 0.3 is 5.97 Å². The predicted octanol–water partition coefficient (Wildman–Crippen LogP) is 0.733. The van der Waals surface area contributed by atoms with Gasteiger partial charge in [0.05, 0.1) is 24.0 Å². The molecule has 5 heteroatoms. The van der Waals surface area contributed by atoms with Crippen LogP contribution in [0.2, 0.25) is 0 Å². The van der Waals surface area contributed by atoms with Gasteiger partial charge in [0.15, 0.2) is 0 Å². The van der Waals surface area contributed by atoms with Crippen molar-refractivity contribution in [1.82, 2.24) is 4.90 Å². The molecule has 5 nitrogen and oxygen atoms in total. The summed E-state index contributed by atoms with van der Waals surface area (Å²) in [6.45, 7) is 5.06. The van der Waals surface area contributed by atoms with Crippen molar-refractivity contribution in [3.8, 4) is 0 Å². The number of hydrogen-bond donors (Lipinski definition) is 1. The molecule has 0 saturated carbocycles. The van der Waals surface area contributed by atoms with Crippen molar-refractivity contribution in [2.75, 3.05) is 13.1 Å². The standard InChI is InChI=1S/C12H19NO4/c1-3-13(4-2)11(14)9-7-5-6-8(17-7)10(9)12(15)16/h7-10H,3-6H2,1-2H3,(H,15,16)/t7-,8+,9-,10-/m0/s1. The summed E-state index contributed by atoms with van der Waals surface area (Å²) in [5, 5.41) is 9.23. The SMILES string of the molecule is CCN(CC)C(=O)[C@@H]1[C@@H](C(=O)O)[C@H]2CC[C@@H]1O2. The molecule has 2 heterocycles. The summed E-state index contributed by atoms with van der Waals surface area (Å²) < 4.78 is 5.59. The van der Waals surface area contributed by atoms with Gasteiger partial charge in [0.25, 0.3) is 0 Å². The van der Waals surface area contributed by atoms with Crippen LogP contribution in [-0.2, 0) is 14.3 Å². The van der Waals surface area contributed by atoms with Crippen LogP contribution in [0.1, 0.15) is 26.7 Å². The third-order valence-electron chi connectivity index (χ3n) is 3.92. The molecule has 96 valence electrons. The van der Waals surface area contributed by atoms with E-state index in [0.717, 1.165) is 12.8 Å². The first-order chi connectivity index (χ1) is 8.10. The van der Waals surface area contributed by atoms with E-state index < -0.39 is 17.8 Å². The monoisotopic (exact) mass is 241 g/mol. The second-order valence-corrected chi connectivity index (χ2v) is 4.69. The van der Waals surface area contributed by atoms with Crippen molar-refractivity contribution < 1.29 is 19.4 Å². The second-order valence-electron chi connectivity index (χ2n) is 4.69. The van der Waals surface area contributed by atoms with E-state index in [4.69, 9.17) is 4.74 Å². The first-order valence-electron chi connectivity index (χ1n) is 6.27. The molecule has 0 unspecified atom stereocenters. The van der Waals surface area contributed by atoms with Crippen LogP contribution in [0.5, 0.6) is 0 Å². The lowest BCUT2D eigenvalue weighted by molar-refractivity contribution is -0.150. The van der Waals surface area contributed by atoms with E-state index in [0.29, 0.717) is 13.1 Å². The van der Waals surface area contributed by atoms with Crippen molar-refractivity contribution in [2.45, 2.75) is 38.9 Å². The number of carboxylic acid groups (broad SMARTS) is 1. The molecule has 1 amide bonds. The molecule has 2 aliphatic heterocycles. The Morgan fingerprint density at radius 1 is 1.18 bits per heavy atom. The highest BCUT2D eigenvalue weighted by Gasteiger charge is 2.56. The van der Waals surface area contributed by atoms with Crippen LogP contribution in [0.15, 0.2) is 0 Å². The molecular weight excluding hydrogens is 222 g/mol. The molecule has 2 fully saturated rings. The number of carboxylic acids is 1. The molecule has 0 aromatic rings. The Morgan fingerprint density at radius 2 is 1.71 bits per heavy atom. The number of fused-ring (bicyclic) bond motifs is 2. The van der Waals surface area contributed by atoms with Gasteiger partial charge in [-0.05, 0) is 26.7 Å². The highest BCUT2D eigenvalue weighted by molar-refractivity contribution is 5.86. The van der Waals surface area contributed by atoms with Crippen molar-refractivity contribution in [2.24, 2.45) is 11.8 Å². The van der Waals surface area contributed by atoms with Crippen molar-refractivity contribution >= 4 is 11.9 Å². The van der Waals surface area contributed by atoms with E-state index in [-0.39, 0.29) is 18.1 Å². The van der Waals surface area contributed by atoms with Gasteiger partial charge < -0.3 is 14.7 Å². The number of aliphatic carboxylic acids is 1. The van der Waals surface area contributed by atoms with Gasteiger partial charge in [-0.15, -0.1) is 0 Å². The Labute approximate surface area is 101 Å². The topological polar surface area (TPSA) is 66.8 Å². The lowest BCUT2D eigenvalue weighted by atomic mass is 9.78. The van der Waals surface area contributed by atoms with E-state index >= 15 is 0 Å². The Bertz CT molecular complexity index is 326. The van der Waals surface area contributed by atoms with Gasteiger partial charge in [-0.3, -0.25) is 9.59 Å². The van der Waals surface area contributed by atoms with Crippen molar-refractivity contribution in [1.29, 1.82) is 0 Å². The molecular formula is C12H19NO4. The molecule has 2 rings (SSSR count). The molecule has 2 aliphatic rings. The summed E-state index contributed by atoms with van der Waals surface area (Å²) in [6.07, 6.45) is 1.13. The Kier molecular flexibility index (Phi) is 3.38. The minimum Gasteiger partial charge on any atom is -0.481 e. The molecule has 17 heavy (non-hydrogen) atoms. The number of rotatable bonds is 4. The zero-order valence-electron chi connectivity index (χ0n) is 10.3. The van der Waals surface area contributed by atoms with Crippen LogP contribution in [-0.4, -0.2) is 47.2 Å². The van der Waals surface area contributed by atoms with E-state index in [1.807, 2.05) is 13.8 Å². The molecule has 2 bridgehead atoms. The zero-order chi connectivity index (χ0) is 12.6. The van der Waals surface area contributed by atoms with Crippen LogP contribution in [0.4, 0.5) is 0 Å². The van der Waals surface area contributed by atoms with Crippen LogP contribution in [0.3, 0.4) is 0 Å². The van der Waals surface area contributed by atoms with Crippen LogP contribution >= 0.6 is 0 Å². The number of hydrogen-bond acceptors (Lipinski definition) is 3. The fourth-order valence-corrected chi connectivity index (χ4v) is 3.05. The summed E-state index contributed by atoms with van der Waals surface area (Å²) in [7, 11) is 0. The van der Waals surface area contributed by atoms with Crippen LogP contribution < -0.4 is 0 Å². The normalized spacial score (nSPS) is 34.9. The average molecular weight is 241 g/mol. The van der Waals surface area contributed by atoms with Gasteiger partial charge in [-0.1, -0.05) is 0 Å². The molecule has 1 N–H and O–H groups in total. The average Bonchev–Trinajstić information content (AvgIpc) is 2.89. The summed E-state index contributed by atoms with van der Waals surface area (Å²) in [6, 6.07) is 0. The van der Waals surface area contributed by atoms with Gasteiger partial charge in [-0.2, -0.15) is 0 Å². The van der Waals surface area contributed by atoms with Crippen molar-refractivity contribution in [3.05, 3.63) is 0 Å². The van der Waals surface area contributed by atoms with E-state index in [9.17, 15) is 14.7 Å². The van der Waals surface area contributed by atoms with Gasteiger partial charge in [0.2, 0.25) is 5.91 Å². The quantitative estimate of drug-likeness (QED) is 0.788. The Morgan fingerprint density at radius 3 is 2.18 bits per heavy atom. The van der Waals surface area contributed by atoms with E-state index in [1.54, 1.807) is 4.90 Å². The highest BCUT2D eigenvalue weighted by atomic mass is 16.5. The lowest BCUT2D eigenvalue weighted by Gasteiger charge is -2.29. The molecule has 0 aliphatic carbocycles. The minimum absolute atomic E-state index is 0.0606. The first kappa shape index (κ1) is 12.4. The maximum absolute atomic E-state index is 12.3. The third-order valence-corrected chi connectivity index (χ3v) is 3.92. The Balaban J connectivity index is 2.18. The number of amides is 1. The summed E-state index contributed by atoms with van der Waals surface area (Å²) >= 11 is 0. The predicted molar refractivity (Wildman–Crippen MR) is 60.4 cm³/mol. The lowest BCUT2D eigenvalue weighted by Crippen LogP contribution is -2.45. The van der Waals surface area contributed by atoms with Gasteiger partial charge in [0, 0.05) is 13.1 Å². The largest absolute Gasteiger partial charge is 0.481 e. The number of carbonyl (C=O) groups is 2. The number of nitrogens with zero attached hydrogens (tertiary/aromatic N) is 1. The van der Waals surface area contributed by atoms with Crippen molar-refractivity contribution in [3.63, 3.8) is 0 Å². The van der Waals surface area contributed by atoms with Gasteiger partial charge in [-0.25, -0.2) is 0 Å². The van der Waals surface area contributed by atoms with Gasteiger partial charge in [0.1, 0.15) is 0 Å². The molecule has 0 spiro atoms. The minimum atomic E-state index is -0.900. The maximum Gasteiger partial charge on any atom is 0.310 e. The second kappa shape index (κ2) is 4.64. The molecule has 0 aromatic carbocycles. The number of carbonyl (C=O) groups excluding carboxylic acids is 1. The fourth-order valence-electron chi connectivity index (χ4n) is 3.05. The third kappa shape index (κ3) is 1.92. The first-order valence-corrected chi connectivity index (χ1v) is 6.27. The molecule has 2 saturated heterocycles. The molecule has 4 atom stereocenters. The maximum atomic E-state index is 12.3. The number of ether oxygens (including phenoxy) is 1. The summed E-state index contributed by atoms with van der Waals surface area (Å²) in [5.74, 6) is -2.09. The van der Waals surface area contributed by atoms with Crippen LogP contribution in [0, 0.1) is 11.8 Å². The fraction of sp³-hybridized carbons (Fsp3) is 0.833.